The first-order valence-electron chi connectivity index (χ1n) is 10.5. The summed E-state index contributed by atoms with van der Waals surface area (Å²) in [5.74, 6) is 2.33. The first-order valence-corrected chi connectivity index (χ1v) is 11.4. The Labute approximate surface area is 165 Å². The van der Waals surface area contributed by atoms with E-state index in [-0.39, 0.29) is 16.4 Å². The van der Waals surface area contributed by atoms with Crippen molar-refractivity contribution in [2.75, 3.05) is 7.11 Å². The normalized spacial score (nSPS) is 52.6. The summed E-state index contributed by atoms with van der Waals surface area (Å²) in [5, 5.41) is 5.47. The van der Waals surface area contributed by atoms with E-state index in [4.69, 9.17) is 15.6 Å². The summed E-state index contributed by atoms with van der Waals surface area (Å²) in [4.78, 5) is 22.9. The van der Waals surface area contributed by atoms with Crippen molar-refractivity contribution in [3.63, 3.8) is 0 Å². The van der Waals surface area contributed by atoms with Gasteiger partial charge in [0.25, 0.3) is 0 Å². The number of nitrogens with zero attached hydrogens (tertiary/aromatic N) is 2. The second kappa shape index (κ2) is 5.74. The molecule has 0 aromatic rings. The van der Waals surface area contributed by atoms with E-state index in [9.17, 15) is 4.79 Å². The number of carbonyl (C=O) groups is 1. The predicted molar refractivity (Wildman–Crippen MR) is 109 cm³/mol. The number of fused-ring (bicyclic) bond motifs is 4. The van der Waals surface area contributed by atoms with E-state index >= 15 is 0 Å². The van der Waals surface area contributed by atoms with Gasteiger partial charge in [-0.3, -0.25) is 9.79 Å². The maximum Gasteiger partial charge on any atom is 0.154 e. The molecule has 4 fully saturated rings. The van der Waals surface area contributed by atoms with Gasteiger partial charge in [-0.15, -0.1) is 0 Å². The van der Waals surface area contributed by atoms with Crippen LogP contribution in [-0.2, 0) is 9.63 Å². The van der Waals surface area contributed by atoms with E-state index in [1.807, 2.05) is 0 Å². The van der Waals surface area contributed by atoms with Crippen LogP contribution in [0.1, 0.15) is 65.2 Å². The Morgan fingerprint density at radius 1 is 1.22 bits per heavy atom. The molecule has 4 saturated carbocycles. The molecule has 5 rings (SSSR count). The highest BCUT2D eigenvalue weighted by Crippen LogP contribution is 2.69. The van der Waals surface area contributed by atoms with E-state index in [1.54, 1.807) is 18.9 Å². The fourth-order valence-electron chi connectivity index (χ4n) is 7.79. The number of ketones is 1. The standard InChI is InChI=1S/C21H31N3O2S/c1-19-8-7-15-13(14(19)4-5-16(19)25)10-17-21(23-18(22)27-17)11-12(24-26-3)6-9-20(15,21)2/h13-15,17H,4-11H2,1-3H3,(H2,22,23)/b24-12+/t13-,14-,15-,17-,19-,20+,21-/m0/s1. The molecule has 5 aliphatic rings. The molecule has 4 aliphatic carbocycles. The quantitative estimate of drug-likeness (QED) is 0.693. The lowest BCUT2D eigenvalue weighted by Gasteiger charge is -2.64. The van der Waals surface area contributed by atoms with E-state index in [0.717, 1.165) is 62.2 Å². The number of Topliss-reactive ketones (excluding diaryl/α,β-unsaturated/α-hetero) is 1. The van der Waals surface area contributed by atoms with Gasteiger partial charge in [0.05, 0.1) is 11.3 Å². The first kappa shape index (κ1) is 18.0. The van der Waals surface area contributed by atoms with Crippen molar-refractivity contribution >= 4 is 28.4 Å². The summed E-state index contributed by atoms with van der Waals surface area (Å²) >= 11 is 1.78. The Morgan fingerprint density at radius 2 is 2.04 bits per heavy atom. The van der Waals surface area contributed by atoms with Crippen LogP contribution in [-0.4, -0.2) is 34.6 Å². The maximum absolute atomic E-state index is 12.7. The van der Waals surface area contributed by atoms with Crippen molar-refractivity contribution in [2.45, 2.75) is 76.0 Å². The third-order valence-corrected chi connectivity index (χ3v) is 10.4. The molecule has 0 saturated heterocycles. The van der Waals surface area contributed by atoms with Gasteiger partial charge < -0.3 is 10.6 Å². The highest BCUT2D eigenvalue weighted by atomic mass is 32.2. The zero-order valence-electron chi connectivity index (χ0n) is 16.7. The Morgan fingerprint density at radius 3 is 2.81 bits per heavy atom. The van der Waals surface area contributed by atoms with Gasteiger partial charge in [0.15, 0.2) is 5.17 Å². The van der Waals surface area contributed by atoms with Gasteiger partial charge in [0.1, 0.15) is 12.9 Å². The predicted octanol–water partition coefficient (Wildman–Crippen LogP) is 3.76. The number of aliphatic imine (C=N–C) groups is 1. The van der Waals surface area contributed by atoms with Gasteiger partial charge in [0.2, 0.25) is 0 Å². The molecule has 0 aromatic carbocycles. The van der Waals surface area contributed by atoms with Gasteiger partial charge in [-0.05, 0) is 61.7 Å². The average molecular weight is 390 g/mol. The monoisotopic (exact) mass is 389 g/mol. The van der Waals surface area contributed by atoms with Crippen LogP contribution in [0.4, 0.5) is 0 Å². The van der Waals surface area contributed by atoms with Gasteiger partial charge in [-0.25, -0.2) is 0 Å². The molecule has 7 atom stereocenters. The largest absolute Gasteiger partial charge is 0.399 e. The van der Waals surface area contributed by atoms with E-state index < -0.39 is 0 Å². The second-order valence-electron chi connectivity index (χ2n) is 9.95. The van der Waals surface area contributed by atoms with E-state index in [1.165, 1.54) is 0 Å². The average Bonchev–Trinajstić information content (AvgIpc) is 3.10. The molecule has 1 aliphatic heterocycles. The lowest BCUT2D eigenvalue weighted by atomic mass is 9.42. The van der Waals surface area contributed by atoms with Gasteiger partial charge in [-0.2, -0.15) is 0 Å². The first-order chi connectivity index (χ1) is 12.8. The highest BCUT2D eigenvalue weighted by molar-refractivity contribution is 8.14. The molecule has 148 valence electrons. The molecule has 0 unspecified atom stereocenters. The van der Waals surface area contributed by atoms with Crippen molar-refractivity contribution in [3.05, 3.63) is 0 Å². The number of nitrogens with two attached hydrogens (primary N) is 1. The minimum atomic E-state index is -0.144. The van der Waals surface area contributed by atoms with Crippen LogP contribution in [0, 0.1) is 28.6 Å². The van der Waals surface area contributed by atoms with Crippen LogP contribution in [0.25, 0.3) is 0 Å². The summed E-state index contributed by atoms with van der Waals surface area (Å²) in [6.45, 7) is 4.73. The number of oxime groups is 1. The summed E-state index contributed by atoms with van der Waals surface area (Å²) in [7, 11) is 1.63. The van der Waals surface area contributed by atoms with Crippen LogP contribution in [0.5, 0.6) is 0 Å². The Balaban J connectivity index is 1.57. The number of thioether (sulfide) groups is 1. The van der Waals surface area contributed by atoms with E-state index in [0.29, 0.717) is 28.8 Å². The molecule has 0 amide bonds. The lowest BCUT2D eigenvalue weighted by molar-refractivity contribution is -0.137. The van der Waals surface area contributed by atoms with Crippen LogP contribution in [0.3, 0.4) is 0 Å². The molecular weight excluding hydrogens is 358 g/mol. The van der Waals surface area contributed by atoms with Crippen LogP contribution >= 0.6 is 11.8 Å². The summed E-state index contributed by atoms with van der Waals surface area (Å²) in [5.41, 5.74) is 7.35. The van der Waals surface area contributed by atoms with Gasteiger partial charge >= 0.3 is 0 Å². The highest BCUT2D eigenvalue weighted by Gasteiger charge is 2.69. The third kappa shape index (κ3) is 2.16. The molecule has 0 bridgehead atoms. The zero-order chi connectivity index (χ0) is 19.0. The van der Waals surface area contributed by atoms with Crippen molar-refractivity contribution in [1.29, 1.82) is 0 Å². The SMILES string of the molecule is CO/N=C1\CC[C@]2(C)[C@H]3CC[C@]4(C)C(=O)CC[C@H]4[C@@H]3C[C@@H]3SC(N)=N[C@@]32C1. The van der Waals surface area contributed by atoms with Crippen LogP contribution < -0.4 is 5.73 Å². The zero-order valence-corrected chi connectivity index (χ0v) is 17.5. The molecule has 1 spiro atoms. The summed E-state index contributed by atoms with van der Waals surface area (Å²) in [6.07, 6.45) is 8.19. The minimum absolute atomic E-state index is 0.0788. The molecule has 27 heavy (non-hydrogen) atoms. The van der Waals surface area contributed by atoms with Crippen molar-refractivity contribution in [2.24, 2.45) is 44.5 Å². The Hall–Kier alpha value is -1.04. The van der Waals surface area contributed by atoms with E-state index in [2.05, 4.69) is 19.0 Å². The molecule has 0 radical (unpaired) electrons. The van der Waals surface area contributed by atoms with Crippen LogP contribution in [0.2, 0.25) is 0 Å². The molecular formula is C21H31N3O2S. The molecule has 5 nitrogen and oxygen atoms in total. The Kier molecular flexibility index (Phi) is 3.83. The van der Waals surface area contributed by atoms with Gasteiger partial charge in [-0.1, -0.05) is 30.8 Å². The Bertz CT molecular complexity index is 752. The second-order valence-corrected chi connectivity index (χ2v) is 11.2. The summed E-state index contributed by atoms with van der Waals surface area (Å²) in [6, 6.07) is 0. The molecule has 0 aromatic heterocycles. The topological polar surface area (TPSA) is 77.0 Å². The smallest absolute Gasteiger partial charge is 0.154 e. The van der Waals surface area contributed by atoms with Crippen molar-refractivity contribution in [1.82, 2.24) is 0 Å². The number of hydrogen-bond donors (Lipinski definition) is 1. The minimum Gasteiger partial charge on any atom is -0.399 e. The van der Waals surface area contributed by atoms with Gasteiger partial charge in [0, 0.05) is 23.5 Å². The summed E-state index contributed by atoms with van der Waals surface area (Å²) < 4.78 is 0. The third-order valence-electron chi connectivity index (χ3n) is 9.17. The molecule has 2 N–H and O–H groups in total. The van der Waals surface area contributed by atoms with Crippen molar-refractivity contribution in [3.8, 4) is 0 Å². The van der Waals surface area contributed by atoms with Crippen LogP contribution in [0.15, 0.2) is 10.1 Å². The number of hydrogen-bond acceptors (Lipinski definition) is 6. The fraction of sp³-hybridized carbons (Fsp3) is 0.857. The molecule has 6 heteroatoms. The number of amidine groups is 1. The van der Waals surface area contributed by atoms with Crippen molar-refractivity contribution < 1.29 is 9.63 Å². The fourth-order valence-corrected chi connectivity index (χ4v) is 9.22. The maximum atomic E-state index is 12.7. The number of carbonyl (C=O) groups excluding carboxylic acids is 1. The number of rotatable bonds is 1. The lowest BCUT2D eigenvalue weighted by Crippen LogP contribution is -2.65. The molecule has 1 heterocycles.